The molecule has 3 rings (SSSR count). The largest absolute Gasteiger partial charge is 0.376 e. The molecule has 17 heavy (non-hydrogen) atoms. The van der Waals surface area contributed by atoms with Gasteiger partial charge in [-0.25, -0.2) is 0 Å². The molecule has 2 aliphatic heterocycles. The first-order chi connectivity index (χ1) is 8.34. The summed E-state index contributed by atoms with van der Waals surface area (Å²) >= 11 is 0. The Labute approximate surface area is 102 Å². The molecule has 1 saturated carbocycles. The maximum absolute atomic E-state index is 11.9. The lowest BCUT2D eigenvalue weighted by Gasteiger charge is -2.24. The summed E-state index contributed by atoms with van der Waals surface area (Å²) in [4.78, 5) is 11.9. The number of carbonyl (C=O) groups is 1. The highest BCUT2D eigenvalue weighted by molar-refractivity contribution is 5.81. The molecule has 0 aromatic heterocycles. The van der Waals surface area contributed by atoms with E-state index in [1.807, 2.05) is 0 Å². The Hall–Kier alpha value is -0.610. The van der Waals surface area contributed by atoms with Crippen molar-refractivity contribution in [1.82, 2.24) is 10.6 Å². The SMILES string of the molecule is O=C1NCCCCC1NC1CCOC1C1CC1. The van der Waals surface area contributed by atoms with E-state index in [9.17, 15) is 4.79 Å². The normalized spacial score (nSPS) is 38.8. The van der Waals surface area contributed by atoms with Gasteiger partial charge in [-0.3, -0.25) is 4.79 Å². The van der Waals surface area contributed by atoms with Crippen molar-refractivity contribution >= 4 is 5.91 Å². The van der Waals surface area contributed by atoms with Crippen LogP contribution in [0.15, 0.2) is 0 Å². The van der Waals surface area contributed by atoms with Crippen molar-refractivity contribution < 1.29 is 9.53 Å². The predicted molar refractivity (Wildman–Crippen MR) is 64.7 cm³/mol. The van der Waals surface area contributed by atoms with Gasteiger partial charge in [0.2, 0.25) is 5.91 Å². The van der Waals surface area contributed by atoms with Crippen molar-refractivity contribution in [2.45, 2.75) is 56.7 Å². The molecule has 0 aromatic carbocycles. The molecule has 4 nitrogen and oxygen atoms in total. The smallest absolute Gasteiger partial charge is 0.237 e. The highest BCUT2D eigenvalue weighted by Gasteiger charge is 2.41. The zero-order valence-corrected chi connectivity index (χ0v) is 10.3. The minimum atomic E-state index is 0.00505. The van der Waals surface area contributed by atoms with Crippen LogP contribution in [0, 0.1) is 5.92 Å². The number of amides is 1. The van der Waals surface area contributed by atoms with Crippen LogP contribution in [-0.4, -0.2) is 37.2 Å². The van der Waals surface area contributed by atoms with Crippen LogP contribution < -0.4 is 10.6 Å². The highest BCUT2D eigenvalue weighted by Crippen LogP contribution is 2.38. The van der Waals surface area contributed by atoms with Crippen molar-refractivity contribution in [3.05, 3.63) is 0 Å². The Morgan fingerprint density at radius 1 is 1.18 bits per heavy atom. The second-order valence-electron chi connectivity index (χ2n) is 5.57. The van der Waals surface area contributed by atoms with E-state index >= 15 is 0 Å². The molecule has 3 atom stereocenters. The molecule has 0 aromatic rings. The molecule has 2 saturated heterocycles. The number of carbonyl (C=O) groups excluding carboxylic acids is 1. The van der Waals surface area contributed by atoms with Gasteiger partial charge >= 0.3 is 0 Å². The fraction of sp³-hybridized carbons (Fsp3) is 0.923. The summed E-state index contributed by atoms with van der Waals surface area (Å²) < 4.78 is 5.80. The Bertz CT molecular complexity index is 291. The van der Waals surface area contributed by atoms with Crippen LogP contribution in [0.3, 0.4) is 0 Å². The van der Waals surface area contributed by atoms with Gasteiger partial charge in [-0.15, -0.1) is 0 Å². The topological polar surface area (TPSA) is 50.4 Å². The van der Waals surface area contributed by atoms with Crippen LogP contribution in [0.4, 0.5) is 0 Å². The number of hydrogen-bond acceptors (Lipinski definition) is 3. The van der Waals surface area contributed by atoms with E-state index in [4.69, 9.17) is 4.74 Å². The monoisotopic (exact) mass is 238 g/mol. The first-order valence-electron chi connectivity index (χ1n) is 7.00. The van der Waals surface area contributed by atoms with Gasteiger partial charge in [0, 0.05) is 19.2 Å². The van der Waals surface area contributed by atoms with Crippen LogP contribution >= 0.6 is 0 Å². The zero-order chi connectivity index (χ0) is 11.7. The molecule has 0 spiro atoms. The van der Waals surface area contributed by atoms with Crippen LogP contribution in [0.2, 0.25) is 0 Å². The Kier molecular flexibility index (Phi) is 3.34. The summed E-state index contributed by atoms with van der Waals surface area (Å²) in [5.74, 6) is 0.938. The van der Waals surface area contributed by atoms with Crippen LogP contribution in [0.25, 0.3) is 0 Å². The van der Waals surface area contributed by atoms with Gasteiger partial charge in [-0.05, 0) is 44.4 Å². The quantitative estimate of drug-likeness (QED) is 0.765. The van der Waals surface area contributed by atoms with Gasteiger partial charge in [-0.2, -0.15) is 0 Å². The van der Waals surface area contributed by atoms with E-state index in [-0.39, 0.29) is 11.9 Å². The standard InChI is InChI=1S/C13H22N2O2/c16-13-11(3-1-2-7-14-13)15-10-6-8-17-12(10)9-4-5-9/h9-12,15H,1-8H2,(H,14,16). The summed E-state index contributed by atoms with van der Waals surface area (Å²) in [5.41, 5.74) is 0. The lowest BCUT2D eigenvalue weighted by atomic mass is 10.0. The lowest BCUT2D eigenvalue weighted by molar-refractivity contribution is -0.123. The van der Waals surface area contributed by atoms with Crippen molar-refractivity contribution in [3.63, 3.8) is 0 Å². The lowest BCUT2D eigenvalue weighted by Crippen LogP contribution is -2.50. The van der Waals surface area contributed by atoms with Gasteiger partial charge < -0.3 is 15.4 Å². The van der Waals surface area contributed by atoms with Crippen LogP contribution in [0.1, 0.15) is 38.5 Å². The van der Waals surface area contributed by atoms with E-state index < -0.39 is 0 Å². The average Bonchev–Trinajstić information content (AvgIpc) is 3.09. The zero-order valence-electron chi connectivity index (χ0n) is 10.3. The molecular formula is C13H22N2O2. The molecular weight excluding hydrogens is 216 g/mol. The second kappa shape index (κ2) is 4.94. The van der Waals surface area contributed by atoms with Gasteiger partial charge in [0.15, 0.2) is 0 Å². The van der Waals surface area contributed by atoms with E-state index in [0.717, 1.165) is 44.8 Å². The fourth-order valence-corrected chi connectivity index (χ4v) is 3.04. The van der Waals surface area contributed by atoms with E-state index in [1.165, 1.54) is 12.8 Å². The number of rotatable bonds is 3. The summed E-state index contributed by atoms with van der Waals surface area (Å²) in [6.45, 7) is 1.69. The number of hydrogen-bond donors (Lipinski definition) is 2. The van der Waals surface area contributed by atoms with E-state index in [1.54, 1.807) is 0 Å². The molecule has 0 radical (unpaired) electrons. The van der Waals surface area contributed by atoms with Crippen LogP contribution in [-0.2, 0) is 9.53 Å². The first-order valence-corrected chi connectivity index (χ1v) is 7.00. The molecule has 2 N–H and O–H groups in total. The molecule has 0 bridgehead atoms. The average molecular weight is 238 g/mol. The molecule has 3 fully saturated rings. The van der Waals surface area contributed by atoms with Gasteiger partial charge in [0.1, 0.15) is 0 Å². The van der Waals surface area contributed by atoms with Crippen molar-refractivity contribution in [2.24, 2.45) is 5.92 Å². The second-order valence-corrected chi connectivity index (χ2v) is 5.57. The van der Waals surface area contributed by atoms with Gasteiger partial charge in [-0.1, -0.05) is 0 Å². The van der Waals surface area contributed by atoms with Gasteiger partial charge in [0.05, 0.1) is 12.1 Å². The molecule has 3 aliphatic rings. The Morgan fingerprint density at radius 3 is 2.88 bits per heavy atom. The third kappa shape index (κ3) is 2.63. The maximum atomic E-state index is 11.9. The summed E-state index contributed by atoms with van der Waals surface area (Å²) in [6, 6.07) is 0.404. The molecule has 1 amide bonds. The minimum absolute atomic E-state index is 0.00505. The van der Waals surface area contributed by atoms with Crippen LogP contribution in [0.5, 0.6) is 0 Å². The molecule has 96 valence electrons. The summed E-state index contributed by atoms with van der Waals surface area (Å²) in [6.07, 6.45) is 7.25. The van der Waals surface area contributed by atoms with E-state index in [0.29, 0.717) is 12.1 Å². The minimum Gasteiger partial charge on any atom is -0.376 e. The molecule has 1 aliphatic carbocycles. The first kappa shape index (κ1) is 11.5. The fourth-order valence-electron chi connectivity index (χ4n) is 3.04. The van der Waals surface area contributed by atoms with Crippen molar-refractivity contribution in [1.29, 1.82) is 0 Å². The highest BCUT2D eigenvalue weighted by atomic mass is 16.5. The van der Waals surface area contributed by atoms with Gasteiger partial charge in [0.25, 0.3) is 0 Å². The Balaban J connectivity index is 1.58. The number of ether oxygens (including phenoxy) is 1. The maximum Gasteiger partial charge on any atom is 0.237 e. The number of nitrogens with one attached hydrogen (secondary N) is 2. The van der Waals surface area contributed by atoms with Crippen molar-refractivity contribution in [2.75, 3.05) is 13.2 Å². The predicted octanol–water partition coefficient (Wildman–Crippen LogP) is 0.812. The Morgan fingerprint density at radius 2 is 2.06 bits per heavy atom. The van der Waals surface area contributed by atoms with Crippen molar-refractivity contribution in [3.8, 4) is 0 Å². The third-order valence-corrected chi connectivity index (χ3v) is 4.17. The summed E-state index contributed by atoms with van der Waals surface area (Å²) in [5, 5.41) is 6.53. The molecule has 3 unspecified atom stereocenters. The summed E-state index contributed by atoms with van der Waals surface area (Å²) in [7, 11) is 0. The third-order valence-electron chi connectivity index (χ3n) is 4.17. The van der Waals surface area contributed by atoms with E-state index in [2.05, 4.69) is 10.6 Å². The molecule has 2 heterocycles. The molecule has 4 heteroatoms.